The topological polar surface area (TPSA) is 40.5 Å². The first kappa shape index (κ1) is 13.4. The Morgan fingerprint density at radius 2 is 1.95 bits per heavy atom. The lowest BCUT2D eigenvalue weighted by atomic mass is 9.95. The number of nitrogens with zero attached hydrogens (tertiary/aromatic N) is 1. The molecule has 1 atom stereocenters. The number of carbonyl (C=O) groups is 1. The zero-order valence-corrected chi connectivity index (χ0v) is 11.5. The van der Waals surface area contributed by atoms with E-state index in [9.17, 15) is 14.3 Å². The normalized spacial score (nSPS) is 23.4. The summed E-state index contributed by atoms with van der Waals surface area (Å²) in [5.41, 5.74) is 0.393. The van der Waals surface area contributed by atoms with Crippen LogP contribution in [0.3, 0.4) is 0 Å². The third-order valence-electron chi connectivity index (χ3n) is 4.76. The van der Waals surface area contributed by atoms with E-state index in [1.165, 1.54) is 31.7 Å². The van der Waals surface area contributed by atoms with Crippen molar-refractivity contribution in [2.24, 2.45) is 5.92 Å². The highest BCUT2D eigenvalue weighted by molar-refractivity contribution is 5.95. The highest BCUT2D eigenvalue weighted by Gasteiger charge is 2.35. The molecule has 1 heterocycles. The molecule has 1 unspecified atom stereocenters. The molecule has 1 aromatic rings. The molecular weight excluding hydrogens is 257 g/mol. The maximum absolute atomic E-state index is 13.9. The van der Waals surface area contributed by atoms with Gasteiger partial charge < -0.3 is 10.0 Å². The number of carboxylic acid groups (broad SMARTS) is 1. The van der Waals surface area contributed by atoms with Gasteiger partial charge in [-0.2, -0.15) is 0 Å². The second-order valence-electron chi connectivity index (χ2n) is 5.89. The molecule has 1 aliphatic heterocycles. The van der Waals surface area contributed by atoms with Crippen molar-refractivity contribution in [3.63, 3.8) is 0 Å². The lowest BCUT2D eigenvalue weighted by Crippen LogP contribution is -2.35. The molecule has 1 saturated carbocycles. The molecule has 1 saturated heterocycles. The summed E-state index contributed by atoms with van der Waals surface area (Å²) in [5.74, 6) is -1.16. The Hall–Kier alpha value is -1.58. The van der Waals surface area contributed by atoms with Gasteiger partial charge >= 0.3 is 5.97 Å². The molecule has 3 nitrogen and oxygen atoms in total. The summed E-state index contributed by atoms with van der Waals surface area (Å²) in [6.45, 7) is 0.838. The zero-order valence-electron chi connectivity index (χ0n) is 11.5. The van der Waals surface area contributed by atoms with Crippen molar-refractivity contribution >= 4 is 11.7 Å². The summed E-state index contributed by atoms with van der Waals surface area (Å²) in [4.78, 5) is 13.5. The smallest absolute Gasteiger partial charge is 0.340 e. The average molecular weight is 277 g/mol. The largest absolute Gasteiger partial charge is 0.478 e. The van der Waals surface area contributed by atoms with Gasteiger partial charge in [0, 0.05) is 12.6 Å². The lowest BCUT2D eigenvalue weighted by molar-refractivity contribution is 0.0692. The van der Waals surface area contributed by atoms with Crippen LogP contribution in [0.25, 0.3) is 0 Å². The summed E-state index contributed by atoms with van der Waals surface area (Å²) >= 11 is 0. The molecule has 2 fully saturated rings. The number of aromatic carboxylic acids is 1. The number of benzene rings is 1. The highest BCUT2D eigenvalue weighted by atomic mass is 19.1. The van der Waals surface area contributed by atoms with E-state index in [-0.39, 0.29) is 5.56 Å². The van der Waals surface area contributed by atoms with E-state index in [1.807, 2.05) is 0 Å². The van der Waals surface area contributed by atoms with E-state index >= 15 is 0 Å². The molecular formula is C16H20FNO2. The number of carboxylic acids is 1. The van der Waals surface area contributed by atoms with Crippen LogP contribution >= 0.6 is 0 Å². The van der Waals surface area contributed by atoms with Gasteiger partial charge in [-0.1, -0.05) is 18.9 Å². The van der Waals surface area contributed by atoms with Crippen LogP contribution in [0.15, 0.2) is 18.2 Å². The lowest BCUT2D eigenvalue weighted by Gasteiger charge is -2.32. The van der Waals surface area contributed by atoms with Gasteiger partial charge in [0.25, 0.3) is 0 Å². The molecule has 1 aliphatic carbocycles. The van der Waals surface area contributed by atoms with Gasteiger partial charge in [-0.15, -0.1) is 0 Å². The van der Waals surface area contributed by atoms with Crippen molar-refractivity contribution in [2.75, 3.05) is 11.4 Å². The van der Waals surface area contributed by atoms with E-state index in [1.54, 1.807) is 12.1 Å². The van der Waals surface area contributed by atoms with E-state index in [0.29, 0.717) is 17.6 Å². The number of anilines is 1. The molecule has 1 aromatic carbocycles. The maximum Gasteiger partial charge on any atom is 0.340 e. The average Bonchev–Trinajstić information content (AvgIpc) is 3.08. The van der Waals surface area contributed by atoms with Crippen molar-refractivity contribution < 1.29 is 14.3 Å². The molecule has 0 radical (unpaired) electrons. The molecule has 108 valence electrons. The minimum atomic E-state index is -1.17. The summed E-state index contributed by atoms with van der Waals surface area (Å²) in [7, 11) is 0. The van der Waals surface area contributed by atoms with Crippen molar-refractivity contribution in [3.05, 3.63) is 29.6 Å². The van der Waals surface area contributed by atoms with Crippen molar-refractivity contribution in [2.45, 2.75) is 44.6 Å². The fourth-order valence-corrected chi connectivity index (χ4v) is 3.89. The third kappa shape index (κ3) is 2.28. The molecule has 1 N–H and O–H groups in total. The van der Waals surface area contributed by atoms with Crippen LogP contribution in [-0.2, 0) is 0 Å². The van der Waals surface area contributed by atoms with E-state index in [2.05, 4.69) is 4.90 Å². The number of halogens is 1. The standard InChI is InChI=1S/C16H20FNO2/c17-12-7-3-8-14(15(12)16(19)20)18-10-4-9-13(18)11-5-1-2-6-11/h3,7-8,11,13H,1-2,4-6,9-10H2,(H,19,20). The number of rotatable bonds is 3. The van der Waals surface area contributed by atoms with Gasteiger partial charge in [0.2, 0.25) is 0 Å². The SMILES string of the molecule is O=C(O)c1c(F)cccc1N1CCCC1C1CCCC1. The van der Waals surface area contributed by atoms with E-state index in [4.69, 9.17) is 0 Å². The Kier molecular flexibility index (Phi) is 3.64. The van der Waals surface area contributed by atoms with E-state index in [0.717, 1.165) is 19.4 Å². The van der Waals surface area contributed by atoms with Crippen LogP contribution in [0, 0.1) is 11.7 Å². The molecule has 2 aliphatic rings. The van der Waals surface area contributed by atoms with Gasteiger partial charge in [0.1, 0.15) is 11.4 Å². The molecule has 0 aromatic heterocycles. The Morgan fingerprint density at radius 3 is 2.65 bits per heavy atom. The maximum atomic E-state index is 13.9. The molecule has 4 heteroatoms. The highest BCUT2D eigenvalue weighted by Crippen LogP contribution is 2.39. The first-order chi connectivity index (χ1) is 9.68. The number of hydrogen-bond acceptors (Lipinski definition) is 2. The van der Waals surface area contributed by atoms with Crippen LogP contribution in [0.2, 0.25) is 0 Å². The summed E-state index contributed by atoms with van der Waals surface area (Å²) in [5, 5.41) is 9.29. The van der Waals surface area contributed by atoms with Crippen LogP contribution in [0.5, 0.6) is 0 Å². The second-order valence-corrected chi connectivity index (χ2v) is 5.89. The molecule has 0 spiro atoms. The Bertz CT molecular complexity index is 511. The van der Waals surface area contributed by atoms with Crippen molar-refractivity contribution in [1.29, 1.82) is 0 Å². The van der Waals surface area contributed by atoms with E-state index < -0.39 is 11.8 Å². The fraction of sp³-hybridized carbons (Fsp3) is 0.562. The van der Waals surface area contributed by atoms with Gasteiger partial charge in [-0.3, -0.25) is 0 Å². The summed E-state index contributed by atoms with van der Waals surface area (Å²) < 4.78 is 13.9. The zero-order chi connectivity index (χ0) is 14.1. The van der Waals surface area contributed by atoms with Crippen molar-refractivity contribution in [3.8, 4) is 0 Å². The molecule has 0 amide bonds. The van der Waals surface area contributed by atoms with Gasteiger partial charge in [-0.25, -0.2) is 9.18 Å². The van der Waals surface area contributed by atoms with Gasteiger partial charge in [-0.05, 0) is 43.7 Å². The predicted octanol–water partition coefficient (Wildman–Crippen LogP) is 3.68. The molecule has 3 rings (SSSR count). The van der Waals surface area contributed by atoms with Crippen molar-refractivity contribution in [1.82, 2.24) is 0 Å². The minimum absolute atomic E-state index is 0.169. The van der Waals surface area contributed by atoms with Gasteiger partial charge in [0.15, 0.2) is 0 Å². The van der Waals surface area contributed by atoms with Crippen LogP contribution in [0.4, 0.5) is 10.1 Å². The predicted molar refractivity (Wildman–Crippen MR) is 75.7 cm³/mol. The summed E-state index contributed by atoms with van der Waals surface area (Å²) in [6.07, 6.45) is 7.14. The monoisotopic (exact) mass is 277 g/mol. The first-order valence-corrected chi connectivity index (χ1v) is 7.47. The Labute approximate surface area is 118 Å². The Balaban J connectivity index is 1.95. The number of hydrogen-bond donors (Lipinski definition) is 1. The quantitative estimate of drug-likeness (QED) is 0.916. The Morgan fingerprint density at radius 1 is 1.20 bits per heavy atom. The molecule has 0 bridgehead atoms. The molecule has 20 heavy (non-hydrogen) atoms. The van der Waals surface area contributed by atoms with Crippen LogP contribution in [-0.4, -0.2) is 23.7 Å². The fourth-order valence-electron chi connectivity index (χ4n) is 3.89. The van der Waals surface area contributed by atoms with Crippen LogP contribution < -0.4 is 4.90 Å². The summed E-state index contributed by atoms with van der Waals surface area (Å²) in [6, 6.07) is 4.98. The second kappa shape index (κ2) is 5.43. The third-order valence-corrected chi connectivity index (χ3v) is 4.76. The van der Waals surface area contributed by atoms with Gasteiger partial charge in [0.05, 0.1) is 5.69 Å². The minimum Gasteiger partial charge on any atom is -0.478 e. The van der Waals surface area contributed by atoms with Crippen LogP contribution in [0.1, 0.15) is 48.9 Å². The first-order valence-electron chi connectivity index (χ1n) is 7.47.